The average molecular weight is 414 g/mol. The minimum Gasteiger partial charge on any atom is -0.399 e. The number of halogens is 4. The molecule has 0 saturated carbocycles. The van der Waals surface area contributed by atoms with Crippen LogP contribution in [0.15, 0.2) is 39.7 Å². The molecule has 0 aliphatic heterocycles. The molecule has 0 saturated heterocycles. The topological polar surface area (TPSA) is 72.2 Å². The Labute approximate surface area is 139 Å². The summed E-state index contributed by atoms with van der Waals surface area (Å²) in [5.74, 6) is -0.957. The van der Waals surface area contributed by atoms with Crippen LogP contribution in [0.1, 0.15) is 0 Å². The molecule has 21 heavy (non-hydrogen) atoms. The van der Waals surface area contributed by atoms with Gasteiger partial charge in [0.15, 0.2) is 0 Å². The standard InChI is InChI=1S/C12H8BrCl2FN2O2S/c13-7-2-3-9(12(15)11(7)14)18-21(19,20)10-4-1-6(17)5-8(10)16/h1-5,18H,17H2. The summed E-state index contributed by atoms with van der Waals surface area (Å²) in [5.41, 5.74) is 5.55. The highest BCUT2D eigenvalue weighted by molar-refractivity contribution is 9.10. The van der Waals surface area contributed by atoms with E-state index in [1.807, 2.05) is 0 Å². The van der Waals surface area contributed by atoms with E-state index in [2.05, 4.69) is 20.7 Å². The van der Waals surface area contributed by atoms with E-state index in [0.29, 0.717) is 4.47 Å². The van der Waals surface area contributed by atoms with Gasteiger partial charge in [-0.05, 0) is 46.3 Å². The lowest BCUT2D eigenvalue weighted by atomic mass is 10.3. The molecule has 3 N–H and O–H groups in total. The maximum atomic E-state index is 13.7. The summed E-state index contributed by atoms with van der Waals surface area (Å²) in [5, 5.41) is 0.153. The van der Waals surface area contributed by atoms with Gasteiger partial charge in [0.05, 0.1) is 15.7 Å². The first-order valence-electron chi connectivity index (χ1n) is 5.43. The summed E-state index contributed by atoms with van der Waals surface area (Å²) in [6.07, 6.45) is 0. The third-order valence-electron chi connectivity index (χ3n) is 2.52. The molecule has 0 fully saturated rings. The minimum absolute atomic E-state index is 0.00506. The van der Waals surface area contributed by atoms with E-state index in [1.54, 1.807) is 0 Å². The molecular weight excluding hydrogens is 406 g/mol. The van der Waals surface area contributed by atoms with E-state index < -0.39 is 20.7 Å². The van der Waals surface area contributed by atoms with Crippen LogP contribution < -0.4 is 10.5 Å². The summed E-state index contributed by atoms with van der Waals surface area (Å²) < 4.78 is 40.8. The van der Waals surface area contributed by atoms with Crippen molar-refractivity contribution in [1.82, 2.24) is 0 Å². The normalized spacial score (nSPS) is 11.4. The first-order chi connectivity index (χ1) is 9.72. The van der Waals surface area contributed by atoms with Crippen molar-refractivity contribution >= 4 is 60.5 Å². The van der Waals surface area contributed by atoms with Crippen LogP contribution in [0.3, 0.4) is 0 Å². The smallest absolute Gasteiger partial charge is 0.264 e. The summed E-state index contributed by atoms with van der Waals surface area (Å²) in [7, 11) is -4.15. The first-order valence-corrected chi connectivity index (χ1v) is 8.47. The lowest BCUT2D eigenvalue weighted by molar-refractivity contribution is 0.571. The summed E-state index contributed by atoms with van der Waals surface area (Å²) in [6.45, 7) is 0. The van der Waals surface area contributed by atoms with Crippen molar-refractivity contribution in [2.75, 3.05) is 10.5 Å². The fraction of sp³-hybridized carbons (Fsp3) is 0. The Hall–Kier alpha value is -1.02. The second-order valence-electron chi connectivity index (χ2n) is 4.02. The van der Waals surface area contributed by atoms with Crippen LogP contribution in [-0.2, 0) is 10.0 Å². The Bertz CT molecular complexity index is 815. The molecule has 0 amide bonds. The van der Waals surface area contributed by atoms with Gasteiger partial charge in [0.1, 0.15) is 10.7 Å². The zero-order chi connectivity index (χ0) is 15.8. The largest absolute Gasteiger partial charge is 0.399 e. The number of anilines is 2. The molecule has 2 aromatic carbocycles. The van der Waals surface area contributed by atoms with E-state index in [1.165, 1.54) is 18.2 Å². The van der Waals surface area contributed by atoms with Gasteiger partial charge in [-0.1, -0.05) is 23.2 Å². The van der Waals surface area contributed by atoms with E-state index in [4.69, 9.17) is 28.9 Å². The van der Waals surface area contributed by atoms with E-state index >= 15 is 0 Å². The van der Waals surface area contributed by atoms with Crippen LogP contribution in [0.25, 0.3) is 0 Å². The Morgan fingerprint density at radius 2 is 1.81 bits per heavy atom. The van der Waals surface area contributed by atoms with Crippen molar-refractivity contribution in [3.8, 4) is 0 Å². The molecule has 0 heterocycles. The second-order valence-corrected chi connectivity index (χ2v) is 7.28. The molecule has 0 radical (unpaired) electrons. The van der Waals surface area contributed by atoms with Crippen LogP contribution in [0.4, 0.5) is 15.8 Å². The van der Waals surface area contributed by atoms with Crippen LogP contribution >= 0.6 is 39.1 Å². The Kier molecular flexibility index (Phi) is 4.67. The summed E-state index contributed by atoms with van der Waals surface area (Å²) in [6, 6.07) is 6.20. The Morgan fingerprint density at radius 1 is 1.14 bits per heavy atom. The number of nitrogens with two attached hydrogens (primary N) is 1. The van der Waals surface area contributed by atoms with Gasteiger partial charge in [0.25, 0.3) is 10.0 Å². The van der Waals surface area contributed by atoms with Crippen molar-refractivity contribution in [2.45, 2.75) is 4.90 Å². The maximum absolute atomic E-state index is 13.7. The van der Waals surface area contributed by atoms with Gasteiger partial charge in [0, 0.05) is 10.2 Å². The molecule has 0 bridgehead atoms. The minimum atomic E-state index is -4.15. The highest BCUT2D eigenvalue weighted by Crippen LogP contribution is 2.36. The number of benzene rings is 2. The number of sulfonamides is 1. The zero-order valence-corrected chi connectivity index (χ0v) is 14.1. The van der Waals surface area contributed by atoms with Crippen LogP contribution in [0.2, 0.25) is 10.0 Å². The molecule has 112 valence electrons. The molecule has 0 aromatic heterocycles. The molecule has 9 heteroatoms. The van der Waals surface area contributed by atoms with Crippen LogP contribution in [-0.4, -0.2) is 8.42 Å². The maximum Gasteiger partial charge on any atom is 0.264 e. The Balaban J connectivity index is 2.45. The highest BCUT2D eigenvalue weighted by atomic mass is 79.9. The lowest BCUT2D eigenvalue weighted by Crippen LogP contribution is -2.15. The van der Waals surface area contributed by atoms with Gasteiger partial charge in [-0.15, -0.1) is 0 Å². The molecule has 0 unspecified atom stereocenters. The van der Waals surface area contributed by atoms with Crippen molar-refractivity contribution < 1.29 is 12.8 Å². The predicted octanol–water partition coefficient (Wildman–Crippen LogP) is 4.28. The molecule has 0 aliphatic rings. The second kappa shape index (κ2) is 6.00. The summed E-state index contributed by atoms with van der Waals surface area (Å²) >= 11 is 15.0. The molecule has 0 spiro atoms. The van der Waals surface area contributed by atoms with E-state index in [9.17, 15) is 12.8 Å². The van der Waals surface area contributed by atoms with Gasteiger partial charge in [-0.3, -0.25) is 4.72 Å². The fourth-order valence-electron chi connectivity index (χ4n) is 1.54. The molecule has 0 atom stereocenters. The number of rotatable bonds is 3. The van der Waals surface area contributed by atoms with Crippen LogP contribution in [0.5, 0.6) is 0 Å². The monoisotopic (exact) mass is 412 g/mol. The van der Waals surface area contributed by atoms with Gasteiger partial charge < -0.3 is 5.73 Å². The first kappa shape index (κ1) is 16.4. The van der Waals surface area contributed by atoms with Gasteiger partial charge in [-0.2, -0.15) is 0 Å². The van der Waals surface area contributed by atoms with Crippen molar-refractivity contribution in [2.24, 2.45) is 0 Å². The highest BCUT2D eigenvalue weighted by Gasteiger charge is 2.21. The quantitative estimate of drug-likeness (QED) is 0.582. The molecule has 0 aliphatic carbocycles. The third-order valence-corrected chi connectivity index (χ3v) is 5.69. The lowest BCUT2D eigenvalue weighted by Gasteiger charge is -2.12. The molecular formula is C12H8BrCl2FN2O2S. The third kappa shape index (κ3) is 3.42. The number of hydrogen-bond donors (Lipinski definition) is 2. The van der Waals surface area contributed by atoms with Gasteiger partial charge in [-0.25, -0.2) is 12.8 Å². The molecule has 2 rings (SSSR count). The van der Waals surface area contributed by atoms with Gasteiger partial charge >= 0.3 is 0 Å². The zero-order valence-electron chi connectivity index (χ0n) is 10.2. The van der Waals surface area contributed by atoms with Crippen LogP contribution in [0, 0.1) is 5.82 Å². The SMILES string of the molecule is Nc1ccc(S(=O)(=O)Nc2ccc(Br)c(Cl)c2Cl)c(F)c1. The number of nitrogen functional groups attached to an aromatic ring is 1. The van der Waals surface area contributed by atoms with Crippen molar-refractivity contribution in [3.05, 3.63) is 50.7 Å². The average Bonchev–Trinajstić information content (AvgIpc) is 2.39. The molecule has 2 aromatic rings. The summed E-state index contributed by atoms with van der Waals surface area (Å²) in [4.78, 5) is -0.535. The van der Waals surface area contributed by atoms with E-state index in [-0.39, 0.29) is 21.4 Å². The van der Waals surface area contributed by atoms with Gasteiger partial charge in [0.2, 0.25) is 0 Å². The number of nitrogens with one attached hydrogen (secondary N) is 1. The van der Waals surface area contributed by atoms with Crippen molar-refractivity contribution in [3.63, 3.8) is 0 Å². The number of hydrogen-bond acceptors (Lipinski definition) is 3. The fourth-order valence-corrected chi connectivity index (χ4v) is 3.55. The molecule has 4 nitrogen and oxygen atoms in total. The Morgan fingerprint density at radius 3 is 2.43 bits per heavy atom. The predicted molar refractivity (Wildman–Crippen MR) is 85.8 cm³/mol. The van der Waals surface area contributed by atoms with Crippen molar-refractivity contribution in [1.29, 1.82) is 0 Å². The van der Waals surface area contributed by atoms with E-state index in [0.717, 1.165) is 12.1 Å².